The lowest BCUT2D eigenvalue weighted by Gasteiger charge is -2.16. The second kappa shape index (κ2) is 6.85. The average molecular weight is 301 g/mol. The van der Waals surface area contributed by atoms with Crippen molar-refractivity contribution >= 4 is 11.9 Å². The van der Waals surface area contributed by atoms with Crippen LogP contribution in [-0.2, 0) is 0 Å². The van der Waals surface area contributed by atoms with Crippen LogP contribution in [0.1, 0.15) is 11.1 Å². The first kappa shape index (κ1) is 15.7. The zero-order chi connectivity index (χ0) is 16.1. The summed E-state index contributed by atoms with van der Waals surface area (Å²) in [4.78, 5) is 4.41. The maximum atomic E-state index is 9.29. The van der Waals surface area contributed by atoms with Crippen LogP contribution in [-0.4, -0.2) is 32.7 Å². The third kappa shape index (κ3) is 3.14. The predicted molar refractivity (Wildman–Crippen MR) is 86.2 cm³/mol. The lowest BCUT2D eigenvalue weighted by molar-refractivity contribution is 0.323. The molecule has 5 nitrogen and oxygen atoms in total. The molecule has 5 heteroatoms. The summed E-state index contributed by atoms with van der Waals surface area (Å²) in [5.41, 5.74) is 2.50. The van der Waals surface area contributed by atoms with Crippen molar-refractivity contribution in [3.8, 4) is 23.0 Å². The van der Waals surface area contributed by atoms with Gasteiger partial charge in [-0.3, -0.25) is 4.99 Å². The van der Waals surface area contributed by atoms with Crippen LogP contribution in [0, 0.1) is 6.92 Å². The van der Waals surface area contributed by atoms with Crippen LogP contribution in [0.25, 0.3) is 0 Å². The van der Waals surface area contributed by atoms with Crippen LogP contribution in [0.15, 0.2) is 35.3 Å². The normalized spacial score (nSPS) is 10.7. The van der Waals surface area contributed by atoms with Gasteiger partial charge in [0.15, 0.2) is 11.5 Å². The quantitative estimate of drug-likeness (QED) is 0.859. The van der Waals surface area contributed by atoms with Crippen LogP contribution < -0.4 is 14.2 Å². The molecule has 1 N–H and O–H groups in total. The first-order valence-corrected chi connectivity index (χ1v) is 6.73. The van der Waals surface area contributed by atoms with Gasteiger partial charge in [-0.1, -0.05) is 0 Å². The number of aryl methyl sites for hydroxylation is 1. The molecule has 0 aliphatic heterocycles. The minimum atomic E-state index is 0.207. The van der Waals surface area contributed by atoms with Gasteiger partial charge in [0, 0.05) is 11.8 Å². The Morgan fingerprint density at radius 3 is 2.14 bits per heavy atom. The molecule has 0 heterocycles. The third-order valence-electron chi connectivity index (χ3n) is 3.27. The summed E-state index contributed by atoms with van der Waals surface area (Å²) in [5.74, 6) is 1.92. The second-order valence-corrected chi connectivity index (χ2v) is 4.65. The van der Waals surface area contributed by atoms with E-state index in [1.54, 1.807) is 51.8 Å². The van der Waals surface area contributed by atoms with E-state index in [0.717, 1.165) is 16.8 Å². The molecular weight excluding hydrogens is 282 g/mol. The molecule has 0 fully saturated rings. The smallest absolute Gasteiger partial charge is 0.203 e. The van der Waals surface area contributed by atoms with Gasteiger partial charge in [0.05, 0.1) is 27.0 Å². The minimum absolute atomic E-state index is 0.207. The van der Waals surface area contributed by atoms with Crippen molar-refractivity contribution in [2.75, 3.05) is 21.3 Å². The van der Waals surface area contributed by atoms with Crippen molar-refractivity contribution in [1.82, 2.24) is 0 Å². The molecular formula is C17H19NO4. The fourth-order valence-corrected chi connectivity index (χ4v) is 2.14. The molecule has 2 aromatic rings. The number of phenolic OH excluding ortho intramolecular Hbond substituents is 1. The Morgan fingerprint density at radius 1 is 0.955 bits per heavy atom. The minimum Gasteiger partial charge on any atom is -0.508 e. The summed E-state index contributed by atoms with van der Waals surface area (Å²) in [6, 6.07) is 8.51. The first-order valence-electron chi connectivity index (χ1n) is 6.73. The maximum absolute atomic E-state index is 9.29. The van der Waals surface area contributed by atoms with Crippen molar-refractivity contribution in [2.24, 2.45) is 4.99 Å². The summed E-state index contributed by atoms with van der Waals surface area (Å²) < 4.78 is 16.2. The highest BCUT2D eigenvalue weighted by molar-refractivity contribution is 5.89. The van der Waals surface area contributed by atoms with Gasteiger partial charge in [-0.2, -0.15) is 0 Å². The molecule has 0 amide bonds. The predicted octanol–water partition coefficient (Wildman–Crippen LogP) is 3.48. The van der Waals surface area contributed by atoms with E-state index in [2.05, 4.69) is 4.99 Å². The molecule has 0 spiro atoms. The van der Waals surface area contributed by atoms with Crippen LogP contribution in [0.2, 0.25) is 0 Å². The van der Waals surface area contributed by atoms with Crippen LogP contribution in [0.5, 0.6) is 23.0 Å². The van der Waals surface area contributed by atoms with Crippen LogP contribution in [0.4, 0.5) is 5.69 Å². The summed E-state index contributed by atoms with van der Waals surface area (Å²) >= 11 is 0. The molecule has 0 unspecified atom stereocenters. The van der Waals surface area contributed by atoms with E-state index in [9.17, 15) is 5.11 Å². The van der Waals surface area contributed by atoms with E-state index < -0.39 is 0 Å². The number of aromatic hydroxyl groups is 1. The van der Waals surface area contributed by atoms with Gasteiger partial charge in [0.2, 0.25) is 5.75 Å². The van der Waals surface area contributed by atoms with E-state index in [-0.39, 0.29) is 5.75 Å². The van der Waals surface area contributed by atoms with Crippen LogP contribution in [0.3, 0.4) is 0 Å². The van der Waals surface area contributed by atoms with Crippen molar-refractivity contribution in [2.45, 2.75) is 6.92 Å². The van der Waals surface area contributed by atoms with Gasteiger partial charge in [-0.25, -0.2) is 0 Å². The average Bonchev–Trinajstić information content (AvgIpc) is 2.54. The van der Waals surface area contributed by atoms with E-state index in [1.165, 1.54) is 0 Å². The standard InChI is InChI=1S/C17H19NO4/c1-11-9-15(20-2)17(22-4)16(21-3)14(11)10-18-12-5-7-13(19)8-6-12/h5-10,19H,1-4H3. The number of nitrogens with zero attached hydrogens (tertiary/aromatic N) is 1. The van der Waals surface area contributed by atoms with Gasteiger partial charge >= 0.3 is 0 Å². The number of methoxy groups -OCH3 is 3. The van der Waals surface area contributed by atoms with Crippen molar-refractivity contribution in [3.05, 3.63) is 41.5 Å². The van der Waals surface area contributed by atoms with E-state index in [1.807, 2.05) is 13.0 Å². The molecule has 2 aromatic carbocycles. The fourth-order valence-electron chi connectivity index (χ4n) is 2.14. The lowest BCUT2D eigenvalue weighted by atomic mass is 10.1. The SMILES string of the molecule is COc1cc(C)c(C=Nc2ccc(O)cc2)c(OC)c1OC. The Labute approximate surface area is 129 Å². The summed E-state index contributed by atoms with van der Waals surface area (Å²) in [6.45, 7) is 1.95. The highest BCUT2D eigenvalue weighted by Gasteiger charge is 2.17. The Bertz CT molecular complexity index is 678. The van der Waals surface area contributed by atoms with Crippen LogP contribution >= 0.6 is 0 Å². The third-order valence-corrected chi connectivity index (χ3v) is 3.27. The molecule has 0 saturated heterocycles. The second-order valence-electron chi connectivity index (χ2n) is 4.65. The molecule has 0 aromatic heterocycles. The van der Waals surface area contributed by atoms with Crippen molar-refractivity contribution in [1.29, 1.82) is 0 Å². The topological polar surface area (TPSA) is 60.3 Å². The van der Waals surface area contributed by atoms with Crippen molar-refractivity contribution in [3.63, 3.8) is 0 Å². The lowest BCUT2D eigenvalue weighted by Crippen LogP contribution is -2.01. The molecule has 0 aliphatic rings. The number of hydrogen-bond donors (Lipinski definition) is 1. The van der Waals surface area contributed by atoms with Gasteiger partial charge in [-0.05, 0) is 42.8 Å². The molecule has 0 saturated carbocycles. The van der Waals surface area contributed by atoms with Gasteiger partial charge < -0.3 is 19.3 Å². The van der Waals surface area contributed by atoms with Gasteiger partial charge in [0.1, 0.15) is 5.75 Å². The first-order chi connectivity index (χ1) is 10.6. The van der Waals surface area contributed by atoms with Gasteiger partial charge in [0.25, 0.3) is 0 Å². The monoisotopic (exact) mass is 301 g/mol. The zero-order valence-electron chi connectivity index (χ0n) is 13.1. The highest BCUT2D eigenvalue weighted by Crippen LogP contribution is 2.41. The molecule has 0 radical (unpaired) electrons. The Balaban J connectivity index is 2.47. The van der Waals surface area contributed by atoms with Gasteiger partial charge in [-0.15, -0.1) is 0 Å². The molecule has 0 bridgehead atoms. The number of phenols is 1. The maximum Gasteiger partial charge on any atom is 0.203 e. The number of aliphatic imine (C=N–C) groups is 1. The number of rotatable bonds is 5. The Hall–Kier alpha value is -2.69. The summed E-state index contributed by atoms with van der Waals surface area (Å²) in [5, 5.41) is 9.29. The van der Waals surface area contributed by atoms with E-state index in [0.29, 0.717) is 17.2 Å². The number of ether oxygens (including phenoxy) is 3. The fraction of sp³-hybridized carbons (Fsp3) is 0.235. The molecule has 2 rings (SSSR count). The summed E-state index contributed by atoms with van der Waals surface area (Å²) in [6.07, 6.45) is 1.71. The zero-order valence-corrected chi connectivity index (χ0v) is 13.1. The van der Waals surface area contributed by atoms with E-state index in [4.69, 9.17) is 14.2 Å². The molecule has 22 heavy (non-hydrogen) atoms. The number of benzene rings is 2. The largest absolute Gasteiger partial charge is 0.508 e. The van der Waals surface area contributed by atoms with E-state index >= 15 is 0 Å². The molecule has 116 valence electrons. The molecule has 0 atom stereocenters. The molecule has 0 aliphatic carbocycles. The Morgan fingerprint density at radius 2 is 1.59 bits per heavy atom. The van der Waals surface area contributed by atoms with Crippen molar-refractivity contribution < 1.29 is 19.3 Å². The number of hydrogen-bond acceptors (Lipinski definition) is 5. The highest BCUT2D eigenvalue weighted by atomic mass is 16.5. The Kier molecular flexibility index (Phi) is 4.88. The summed E-state index contributed by atoms with van der Waals surface area (Å²) in [7, 11) is 4.73.